The average molecular weight is 370 g/mol. The maximum atomic E-state index is 11.3. The van der Waals surface area contributed by atoms with Gasteiger partial charge in [0.15, 0.2) is 5.60 Å². The summed E-state index contributed by atoms with van der Waals surface area (Å²) in [5, 5.41) is 11.3. The summed E-state index contributed by atoms with van der Waals surface area (Å²) < 4.78 is 10.4. The Balaban J connectivity index is 1.97. The molecule has 0 bridgehead atoms. The average Bonchev–Trinajstić information content (AvgIpc) is 2.77. The van der Waals surface area contributed by atoms with Crippen molar-refractivity contribution in [3.05, 3.63) is 102 Å². The maximum absolute atomic E-state index is 11.3. The highest BCUT2D eigenvalue weighted by atomic mass is 16.5. The number of aliphatic hydroxyl groups is 1. The molecule has 0 aliphatic heterocycles. The molecule has 1 unspecified atom stereocenters. The van der Waals surface area contributed by atoms with Crippen LogP contribution >= 0.6 is 0 Å². The Bertz CT molecular complexity index is 978. The lowest BCUT2D eigenvalue weighted by Gasteiger charge is -2.19. The number of hydrogen-bond acceptors (Lipinski definition) is 3. The van der Waals surface area contributed by atoms with E-state index in [2.05, 4.69) is 11.8 Å². The summed E-state index contributed by atoms with van der Waals surface area (Å²) in [7, 11) is 3.24. The van der Waals surface area contributed by atoms with Gasteiger partial charge < -0.3 is 14.6 Å². The molecule has 0 spiro atoms. The van der Waals surface area contributed by atoms with Crippen LogP contribution in [0, 0.1) is 11.8 Å². The van der Waals surface area contributed by atoms with Crippen LogP contribution in [0.5, 0.6) is 11.5 Å². The van der Waals surface area contributed by atoms with Crippen molar-refractivity contribution in [3.63, 3.8) is 0 Å². The first-order chi connectivity index (χ1) is 13.6. The smallest absolute Gasteiger partial charge is 0.170 e. The van der Waals surface area contributed by atoms with E-state index >= 15 is 0 Å². The Morgan fingerprint density at radius 3 is 1.93 bits per heavy atom. The summed E-state index contributed by atoms with van der Waals surface area (Å²) in [4.78, 5) is 0. The van der Waals surface area contributed by atoms with Crippen LogP contribution in [0.3, 0.4) is 0 Å². The second-order valence-corrected chi connectivity index (χ2v) is 6.22. The van der Waals surface area contributed by atoms with Gasteiger partial charge in [-0.1, -0.05) is 60.4 Å². The van der Waals surface area contributed by atoms with Gasteiger partial charge in [0.2, 0.25) is 0 Å². The number of rotatable bonds is 5. The molecule has 3 nitrogen and oxygen atoms in total. The quantitative estimate of drug-likeness (QED) is 0.664. The van der Waals surface area contributed by atoms with Gasteiger partial charge in [-0.05, 0) is 48.0 Å². The summed E-state index contributed by atoms with van der Waals surface area (Å²) in [6, 6.07) is 24.5. The van der Waals surface area contributed by atoms with Crippen LogP contribution in [0.4, 0.5) is 0 Å². The zero-order valence-electron chi connectivity index (χ0n) is 15.9. The molecule has 1 atom stereocenters. The lowest BCUT2D eigenvalue weighted by atomic mass is 9.92. The van der Waals surface area contributed by atoms with Crippen molar-refractivity contribution in [2.75, 3.05) is 14.2 Å². The van der Waals surface area contributed by atoms with Crippen molar-refractivity contribution in [2.45, 2.75) is 5.60 Å². The van der Waals surface area contributed by atoms with Crippen LogP contribution in [-0.2, 0) is 5.60 Å². The van der Waals surface area contributed by atoms with Gasteiger partial charge in [0.05, 0.1) is 14.2 Å². The van der Waals surface area contributed by atoms with E-state index in [1.54, 1.807) is 20.3 Å². The van der Waals surface area contributed by atoms with E-state index in [9.17, 15) is 5.11 Å². The molecule has 28 heavy (non-hydrogen) atoms. The summed E-state index contributed by atoms with van der Waals surface area (Å²) in [6.45, 7) is 0. The number of benzene rings is 3. The van der Waals surface area contributed by atoms with Gasteiger partial charge in [-0.15, -0.1) is 0 Å². The molecule has 0 fully saturated rings. The van der Waals surface area contributed by atoms with Gasteiger partial charge in [0.25, 0.3) is 0 Å². The van der Waals surface area contributed by atoms with E-state index in [4.69, 9.17) is 9.47 Å². The molecule has 1 N–H and O–H groups in total. The van der Waals surface area contributed by atoms with Crippen LogP contribution in [0.25, 0.3) is 6.08 Å². The van der Waals surface area contributed by atoms with Gasteiger partial charge in [-0.3, -0.25) is 0 Å². The lowest BCUT2D eigenvalue weighted by Crippen LogP contribution is -2.20. The molecule has 3 aromatic rings. The summed E-state index contributed by atoms with van der Waals surface area (Å²) >= 11 is 0. The van der Waals surface area contributed by atoms with Crippen molar-refractivity contribution < 1.29 is 14.6 Å². The molecule has 0 aliphatic rings. The van der Waals surface area contributed by atoms with Gasteiger partial charge >= 0.3 is 0 Å². The van der Waals surface area contributed by atoms with Crippen LogP contribution in [0.15, 0.2) is 84.9 Å². The van der Waals surface area contributed by atoms with Crippen molar-refractivity contribution in [1.29, 1.82) is 0 Å². The number of hydrogen-bond donors (Lipinski definition) is 1. The summed E-state index contributed by atoms with van der Waals surface area (Å²) in [5.74, 6) is 7.58. The second-order valence-electron chi connectivity index (χ2n) is 6.22. The van der Waals surface area contributed by atoms with E-state index in [1.165, 1.54) is 0 Å². The molecule has 0 saturated carbocycles. The van der Waals surface area contributed by atoms with Crippen molar-refractivity contribution in [3.8, 4) is 23.3 Å². The highest BCUT2D eigenvalue weighted by Gasteiger charge is 2.23. The van der Waals surface area contributed by atoms with Gasteiger partial charge in [0, 0.05) is 11.1 Å². The fourth-order valence-corrected chi connectivity index (χ4v) is 2.68. The second kappa shape index (κ2) is 8.94. The Morgan fingerprint density at radius 1 is 0.786 bits per heavy atom. The third-order valence-corrected chi connectivity index (χ3v) is 4.33. The first-order valence-electron chi connectivity index (χ1n) is 8.91. The third-order valence-electron chi connectivity index (χ3n) is 4.33. The minimum Gasteiger partial charge on any atom is -0.497 e. The molecular formula is C25H22O3. The van der Waals surface area contributed by atoms with E-state index < -0.39 is 5.60 Å². The third kappa shape index (κ3) is 4.82. The first-order valence-corrected chi connectivity index (χ1v) is 8.91. The Kier molecular flexibility index (Phi) is 6.16. The monoisotopic (exact) mass is 370 g/mol. The summed E-state index contributed by atoms with van der Waals surface area (Å²) in [6.07, 6.45) is 3.55. The molecule has 0 amide bonds. The Morgan fingerprint density at radius 2 is 1.36 bits per heavy atom. The molecule has 3 aromatic carbocycles. The largest absolute Gasteiger partial charge is 0.497 e. The SMILES string of the molecule is COc1ccc(/C=C/C(O)(C#Cc2ccccc2)c2ccc(OC)cc2)cc1. The van der Waals surface area contributed by atoms with Crippen LogP contribution in [0.2, 0.25) is 0 Å². The zero-order chi connectivity index (χ0) is 19.8. The number of methoxy groups -OCH3 is 2. The highest BCUT2D eigenvalue weighted by Crippen LogP contribution is 2.26. The molecule has 0 aliphatic carbocycles. The fraction of sp³-hybridized carbons (Fsp3) is 0.120. The van der Waals surface area contributed by atoms with Gasteiger partial charge in [-0.25, -0.2) is 0 Å². The molecule has 140 valence electrons. The zero-order valence-corrected chi connectivity index (χ0v) is 15.9. The standard InChI is InChI=1S/C25H22O3/c1-27-23-12-8-21(9-13-23)17-19-25(26,18-16-20-6-4-3-5-7-20)22-10-14-24(28-2)15-11-22/h3-15,17,19,26H,1-2H3/b19-17+. The molecule has 3 heteroatoms. The number of ether oxygens (including phenoxy) is 2. The van der Waals surface area contributed by atoms with Crippen molar-refractivity contribution >= 4 is 6.08 Å². The van der Waals surface area contributed by atoms with Crippen molar-refractivity contribution in [2.24, 2.45) is 0 Å². The fourth-order valence-electron chi connectivity index (χ4n) is 2.68. The highest BCUT2D eigenvalue weighted by molar-refractivity contribution is 5.56. The minimum absolute atomic E-state index is 0.668. The molecular weight excluding hydrogens is 348 g/mol. The maximum Gasteiger partial charge on any atom is 0.170 e. The van der Waals surface area contributed by atoms with Crippen LogP contribution in [-0.4, -0.2) is 19.3 Å². The predicted octanol–water partition coefficient (Wildman–Crippen LogP) is 4.66. The topological polar surface area (TPSA) is 38.7 Å². The molecule has 0 radical (unpaired) electrons. The normalized spacial score (nSPS) is 12.7. The van der Waals surface area contributed by atoms with Gasteiger partial charge in [0.1, 0.15) is 11.5 Å². The van der Waals surface area contributed by atoms with E-state index in [-0.39, 0.29) is 0 Å². The first kappa shape index (κ1) is 19.3. The molecule has 0 saturated heterocycles. The lowest BCUT2D eigenvalue weighted by molar-refractivity contribution is 0.155. The Labute approximate surface area is 165 Å². The van der Waals surface area contributed by atoms with Crippen LogP contribution in [0.1, 0.15) is 16.7 Å². The molecule has 3 rings (SSSR count). The van der Waals surface area contributed by atoms with E-state index in [0.717, 1.165) is 22.6 Å². The Hall–Kier alpha value is -3.48. The van der Waals surface area contributed by atoms with Gasteiger partial charge in [-0.2, -0.15) is 0 Å². The minimum atomic E-state index is -1.44. The van der Waals surface area contributed by atoms with E-state index in [1.807, 2.05) is 84.9 Å². The van der Waals surface area contributed by atoms with Crippen molar-refractivity contribution in [1.82, 2.24) is 0 Å². The molecule has 0 heterocycles. The summed E-state index contributed by atoms with van der Waals surface area (Å²) in [5.41, 5.74) is 1.00. The molecule has 0 aromatic heterocycles. The predicted molar refractivity (Wildman–Crippen MR) is 112 cm³/mol. The van der Waals surface area contributed by atoms with Crippen LogP contribution < -0.4 is 9.47 Å². The van der Waals surface area contributed by atoms with E-state index in [0.29, 0.717) is 5.56 Å².